The van der Waals surface area contributed by atoms with Crippen molar-refractivity contribution < 1.29 is 14.8 Å². The second-order valence-electron chi connectivity index (χ2n) is 5.84. The molecule has 1 aliphatic rings. The van der Waals surface area contributed by atoms with E-state index in [-0.39, 0.29) is 17.6 Å². The second kappa shape index (κ2) is 6.75. The lowest BCUT2D eigenvalue weighted by Gasteiger charge is -2.25. The quantitative estimate of drug-likeness (QED) is 0.630. The van der Waals surface area contributed by atoms with Crippen molar-refractivity contribution in [2.45, 2.75) is 25.8 Å². The first-order chi connectivity index (χ1) is 12.4. The largest absolute Gasteiger partial charge is 0.477 e. The number of carboxylic acids is 1. The molecule has 1 aliphatic heterocycles. The van der Waals surface area contributed by atoms with E-state index >= 15 is 0 Å². The number of nitro groups is 1. The van der Waals surface area contributed by atoms with Gasteiger partial charge in [-0.3, -0.25) is 24.9 Å². The highest BCUT2D eigenvalue weighted by molar-refractivity contribution is 5.99. The molecule has 1 aromatic carbocycles. The molecule has 0 saturated heterocycles. The molecule has 1 aromatic heterocycles. The molecule has 2 aromatic rings. The van der Waals surface area contributed by atoms with Gasteiger partial charge in [0.2, 0.25) is 0 Å². The maximum atomic E-state index is 12.4. The van der Waals surface area contributed by atoms with Gasteiger partial charge in [-0.2, -0.15) is 5.10 Å². The molecule has 0 fully saturated rings. The molecular formula is C16H15N5O5. The van der Waals surface area contributed by atoms with Crippen molar-refractivity contribution in [3.8, 4) is 0 Å². The minimum Gasteiger partial charge on any atom is -0.477 e. The number of nitrogens with zero attached hydrogens (tertiary/aromatic N) is 4. The van der Waals surface area contributed by atoms with Crippen molar-refractivity contribution in [1.29, 1.82) is 0 Å². The zero-order valence-corrected chi connectivity index (χ0v) is 13.7. The van der Waals surface area contributed by atoms with Crippen LogP contribution >= 0.6 is 0 Å². The lowest BCUT2D eigenvalue weighted by atomic mass is 10.0. The van der Waals surface area contributed by atoms with Crippen molar-refractivity contribution in [3.63, 3.8) is 0 Å². The Labute approximate surface area is 147 Å². The van der Waals surface area contributed by atoms with Gasteiger partial charge < -0.3 is 5.11 Å². The summed E-state index contributed by atoms with van der Waals surface area (Å²) in [6.45, 7) is 1.81. The van der Waals surface area contributed by atoms with Crippen molar-refractivity contribution in [3.05, 3.63) is 62.3 Å². The number of carbonyl (C=O) groups is 1. The van der Waals surface area contributed by atoms with E-state index in [0.29, 0.717) is 24.2 Å². The van der Waals surface area contributed by atoms with E-state index in [2.05, 4.69) is 15.5 Å². The third-order valence-electron chi connectivity index (χ3n) is 4.10. The molecular weight excluding hydrogens is 342 g/mol. The van der Waals surface area contributed by atoms with Crippen LogP contribution in [0.3, 0.4) is 0 Å². The predicted molar refractivity (Wildman–Crippen MR) is 92.7 cm³/mol. The number of benzene rings is 1. The fourth-order valence-corrected chi connectivity index (χ4v) is 2.75. The summed E-state index contributed by atoms with van der Waals surface area (Å²) in [7, 11) is 0. The second-order valence-corrected chi connectivity index (χ2v) is 5.84. The summed E-state index contributed by atoms with van der Waals surface area (Å²) in [5.41, 5.74) is 2.53. The molecule has 10 nitrogen and oxygen atoms in total. The highest BCUT2D eigenvalue weighted by atomic mass is 16.6. The number of hydrogen-bond acceptors (Lipinski definition) is 7. The fraction of sp³-hybridized carbons (Fsp3) is 0.250. The zero-order chi connectivity index (χ0) is 18.8. The predicted octanol–water partition coefficient (Wildman–Crippen LogP) is 2.02. The van der Waals surface area contributed by atoms with E-state index < -0.39 is 22.0 Å². The summed E-state index contributed by atoms with van der Waals surface area (Å²) >= 11 is 0. The first kappa shape index (κ1) is 17.3. The number of anilines is 1. The van der Waals surface area contributed by atoms with Crippen LogP contribution in [0.15, 0.2) is 40.4 Å². The summed E-state index contributed by atoms with van der Waals surface area (Å²) in [6, 6.07) is 5.64. The number of hydrogen-bond donors (Lipinski definition) is 2. The Hall–Kier alpha value is -3.56. The van der Waals surface area contributed by atoms with Crippen molar-refractivity contribution in [1.82, 2.24) is 9.55 Å². The number of hydrazone groups is 1. The number of nitrogens with one attached hydrogen (secondary N) is 1. The van der Waals surface area contributed by atoms with Gasteiger partial charge in [-0.05, 0) is 25.8 Å². The van der Waals surface area contributed by atoms with Gasteiger partial charge in [0, 0.05) is 24.4 Å². The van der Waals surface area contributed by atoms with Crippen LogP contribution in [0.4, 0.5) is 11.4 Å². The number of aromatic carboxylic acids is 1. The van der Waals surface area contributed by atoms with E-state index in [1.54, 1.807) is 6.07 Å². The topological polar surface area (TPSA) is 140 Å². The zero-order valence-electron chi connectivity index (χ0n) is 13.7. The number of nitro benzene ring substituents is 1. The molecule has 2 N–H and O–H groups in total. The average Bonchev–Trinajstić information content (AvgIpc) is 2.61. The lowest BCUT2D eigenvalue weighted by Crippen LogP contribution is -2.37. The van der Waals surface area contributed by atoms with Crippen LogP contribution in [0, 0.1) is 10.1 Å². The van der Waals surface area contributed by atoms with Gasteiger partial charge in [-0.1, -0.05) is 6.07 Å². The number of non-ortho nitro benzene ring substituents is 1. The molecule has 10 heteroatoms. The monoisotopic (exact) mass is 357 g/mol. The van der Waals surface area contributed by atoms with Crippen LogP contribution in [-0.4, -0.2) is 31.3 Å². The maximum absolute atomic E-state index is 12.4. The Balaban J connectivity index is 1.97. The van der Waals surface area contributed by atoms with Crippen LogP contribution in [0.25, 0.3) is 0 Å². The standard InChI is InChI=1S/C16H15N5O5/c1-9-5-6-13(14-17-8-12(16(23)24)15(22)20(9)14)19-18-10-3-2-4-11(7-10)21(25)26/h2-4,7-9,18H,5-6H2,1H3,(H,23,24)/b19-13+. The summed E-state index contributed by atoms with van der Waals surface area (Å²) in [5.74, 6) is -1.04. The van der Waals surface area contributed by atoms with E-state index in [4.69, 9.17) is 5.11 Å². The van der Waals surface area contributed by atoms with E-state index in [1.807, 2.05) is 6.92 Å². The molecule has 0 spiro atoms. The number of carboxylic acid groups (broad SMARTS) is 1. The molecule has 0 saturated carbocycles. The van der Waals surface area contributed by atoms with Crippen LogP contribution in [0.1, 0.15) is 42.0 Å². The first-order valence-electron chi connectivity index (χ1n) is 7.80. The molecule has 0 aliphatic carbocycles. The summed E-state index contributed by atoms with van der Waals surface area (Å²) in [6.07, 6.45) is 2.15. The molecule has 2 heterocycles. The number of fused-ring (bicyclic) bond motifs is 1. The van der Waals surface area contributed by atoms with Crippen LogP contribution < -0.4 is 11.0 Å². The average molecular weight is 357 g/mol. The van der Waals surface area contributed by atoms with Gasteiger partial charge in [0.25, 0.3) is 11.2 Å². The molecule has 134 valence electrons. The van der Waals surface area contributed by atoms with E-state index in [9.17, 15) is 19.7 Å². The Morgan fingerprint density at radius 2 is 2.27 bits per heavy atom. The molecule has 3 rings (SSSR count). The van der Waals surface area contributed by atoms with Gasteiger partial charge in [0.1, 0.15) is 11.3 Å². The van der Waals surface area contributed by atoms with Gasteiger partial charge >= 0.3 is 5.97 Å². The summed E-state index contributed by atoms with van der Waals surface area (Å²) < 4.78 is 1.32. The molecule has 0 bridgehead atoms. The number of rotatable bonds is 4. The van der Waals surface area contributed by atoms with E-state index in [0.717, 1.165) is 6.20 Å². The highest BCUT2D eigenvalue weighted by Crippen LogP contribution is 2.23. The highest BCUT2D eigenvalue weighted by Gasteiger charge is 2.26. The van der Waals surface area contributed by atoms with Crippen LogP contribution in [0.2, 0.25) is 0 Å². The van der Waals surface area contributed by atoms with Gasteiger partial charge in [0.05, 0.1) is 10.6 Å². The third-order valence-corrected chi connectivity index (χ3v) is 4.10. The Kier molecular flexibility index (Phi) is 4.48. The summed E-state index contributed by atoms with van der Waals surface area (Å²) in [5, 5.41) is 24.1. The molecule has 26 heavy (non-hydrogen) atoms. The molecule has 0 amide bonds. The Morgan fingerprint density at radius 1 is 1.50 bits per heavy atom. The number of aromatic nitrogens is 2. The molecule has 1 unspecified atom stereocenters. The Morgan fingerprint density at radius 3 is 2.96 bits per heavy atom. The lowest BCUT2D eigenvalue weighted by molar-refractivity contribution is -0.384. The molecule has 0 radical (unpaired) electrons. The minimum absolute atomic E-state index is 0.0756. The normalized spacial score (nSPS) is 17.6. The first-order valence-corrected chi connectivity index (χ1v) is 7.80. The van der Waals surface area contributed by atoms with Gasteiger partial charge in [-0.15, -0.1) is 0 Å². The van der Waals surface area contributed by atoms with Crippen molar-refractivity contribution >= 4 is 23.1 Å². The van der Waals surface area contributed by atoms with Crippen LogP contribution in [0.5, 0.6) is 0 Å². The van der Waals surface area contributed by atoms with Gasteiger partial charge in [0.15, 0.2) is 5.82 Å². The van der Waals surface area contributed by atoms with Gasteiger partial charge in [-0.25, -0.2) is 9.78 Å². The van der Waals surface area contributed by atoms with Crippen molar-refractivity contribution in [2.75, 3.05) is 5.43 Å². The third kappa shape index (κ3) is 3.16. The Bertz CT molecular complexity index is 981. The van der Waals surface area contributed by atoms with Crippen molar-refractivity contribution in [2.24, 2.45) is 5.10 Å². The SMILES string of the molecule is CC1CC/C(=N\Nc2cccc([N+](=O)[O-])c2)c2ncc(C(=O)O)c(=O)n21. The molecule has 1 atom stereocenters. The fourth-order valence-electron chi connectivity index (χ4n) is 2.75. The maximum Gasteiger partial charge on any atom is 0.342 e. The summed E-state index contributed by atoms with van der Waals surface area (Å²) in [4.78, 5) is 38.0. The minimum atomic E-state index is -1.33. The van der Waals surface area contributed by atoms with Crippen LogP contribution in [-0.2, 0) is 0 Å². The smallest absolute Gasteiger partial charge is 0.342 e. The van der Waals surface area contributed by atoms with E-state index in [1.165, 1.54) is 22.8 Å².